The number of amides is 1. The number of nitrogens with zero attached hydrogens (tertiary/aromatic N) is 1. The summed E-state index contributed by atoms with van der Waals surface area (Å²) in [5.41, 5.74) is 1.24. The second-order valence-electron chi connectivity index (χ2n) is 8.70. The van der Waals surface area contributed by atoms with Gasteiger partial charge in [0.05, 0.1) is 13.0 Å². The van der Waals surface area contributed by atoms with E-state index in [2.05, 4.69) is 33.8 Å². The van der Waals surface area contributed by atoms with Crippen LogP contribution in [-0.4, -0.2) is 36.0 Å². The maximum Gasteiger partial charge on any atom is 0.328 e. The zero-order valence-electron chi connectivity index (χ0n) is 15.7. The van der Waals surface area contributed by atoms with Gasteiger partial charge in [0.1, 0.15) is 6.04 Å². The molecule has 0 radical (unpaired) electrons. The molecule has 3 aliphatic rings. The van der Waals surface area contributed by atoms with Crippen molar-refractivity contribution in [1.82, 2.24) is 4.90 Å². The molecule has 2 aliphatic carbocycles. The van der Waals surface area contributed by atoms with Gasteiger partial charge in [-0.3, -0.25) is 4.79 Å². The van der Waals surface area contributed by atoms with Gasteiger partial charge in [-0.1, -0.05) is 38.3 Å². The predicted octanol–water partition coefficient (Wildman–Crippen LogP) is 3.56. The molecule has 3 fully saturated rings. The maximum absolute atomic E-state index is 13.4. The molecule has 134 valence electrons. The highest BCUT2D eigenvalue weighted by molar-refractivity contribution is 5.89. The fraction of sp³-hybridized carbons (Fsp3) is 0.800. The monoisotopic (exact) mass is 333 g/mol. The predicted molar refractivity (Wildman–Crippen MR) is 93.2 cm³/mol. The Bertz CT molecular complexity index is 561. The Morgan fingerprint density at radius 1 is 1.17 bits per heavy atom. The second-order valence-corrected chi connectivity index (χ2v) is 8.70. The molecule has 0 bridgehead atoms. The van der Waals surface area contributed by atoms with Crippen molar-refractivity contribution in [3.05, 3.63) is 11.6 Å². The number of carbonyl (C=O) groups excluding carboxylic acids is 2. The van der Waals surface area contributed by atoms with Crippen LogP contribution in [0.3, 0.4) is 0 Å². The van der Waals surface area contributed by atoms with Crippen molar-refractivity contribution < 1.29 is 14.3 Å². The third-order valence-electron chi connectivity index (χ3n) is 6.51. The summed E-state index contributed by atoms with van der Waals surface area (Å²) in [7, 11) is 1.43. The zero-order valence-corrected chi connectivity index (χ0v) is 15.7. The molecule has 5 unspecified atom stereocenters. The highest BCUT2D eigenvalue weighted by atomic mass is 16.5. The lowest BCUT2D eigenvalue weighted by Gasteiger charge is -2.33. The van der Waals surface area contributed by atoms with Gasteiger partial charge in [-0.05, 0) is 50.4 Å². The summed E-state index contributed by atoms with van der Waals surface area (Å²) >= 11 is 0. The SMILES string of the molecule is COC(=O)C1CC2CCCCC2N1C(=O)C1C(C=C(C)C)C1(C)C. The van der Waals surface area contributed by atoms with E-state index in [4.69, 9.17) is 4.74 Å². The molecule has 1 saturated heterocycles. The second kappa shape index (κ2) is 6.20. The van der Waals surface area contributed by atoms with Crippen molar-refractivity contribution in [2.75, 3.05) is 7.11 Å². The van der Waals surface area contributed by atoms with Crippen molar-refractivity contribution in [3.63, 3.8) is 0 Å². The average Bonchev–Trinajstić information content (AvgIpc) is 2.91. The van der Waals surface area contributed by atoms with Crippen LogP contribution in [0.1, 0.15) is 59.8 Å². The van der Waals surface area contributed by atoms with Gasteiger partial charge in [0.25, 0.3) is 0 Å². The fourth-order valence-electron chi connectivity index (χ4n) is 5.10. The van der Waals surface area contributed by atoms with Crippen molar-refractivity contribution in [2.45, 2.75) is 71.9 Å². The van der Waals surface area contributed by atoms with Gasteiger partial charge < -0.3 is 9.64 Å². The molecular weight excluding hydrogens is 302 g/mol. The molecule has 0 spiro atoms. The van der Waals surface area contributed by atoms with Crippen LogP contribution < -0.4 is 0 Å². The van der Waals surface area contributed by atoms with E-state index in [0.29, 0.717) is 5.92 Å². The van der Waals surface area contributed by atoms with Crippen LogP contribution in [0.4, 0.5) is 0 Å². The number of hydrogen-bond acceptors (Lipinski definition) is 3. The van der Waals surface area contributed by atoms with E-state index in [1.54, 1.807) is 0 Å². The molecule has 5 atom stereocenters. The number of methoxy groups -OCH3 is 1. The van der Waals surface area contributed by atoms with Crippen LogP contribution in [0.5, 0.6) is 0 Å². The quantitative estimate of drug-likeness (QED) is 0.586. The minimum atomic E-state index is -0.376. The molecular formula is C20H31NO3. The molecule has 1 amide bonds. The number of ether oxygens (including phenoxy) is 1. The van der Waals surface area contributed by atoms with Crippen molar-refractivity contribution in [3.8, 4) is 0 Å². The van der Waals surface area contributed by atoms with Crippen LogP contribution >= 0.6 is 0 Å². The summed E-state index contributed by atoms with van der Waals surface area (Å²) in [5.74, 6) is 0.689. The molecule has 4 heteroatoms. The molecule has 3 rings (SSSR count). The van der Waals surface area contributed by atoms with E-state index >= 15 is 0 Å². The van der Waals surface area contributed by atoms with Crippen LogP contribution in [0, 0.1) is 23.2 Å². The van der Waals surface area contributed by atoms with Gasteiger partial charge in [0, 0.05) is 6.04 Å². The topological polar surface area (TPSA) is 46.6 Å². The number of likely N-dealkylation sites (tertiary alicyclic amines) is 1. The fourth-order valence-corrected chi connectivity index (χ4v) is 5.10. The molecule has 0 N–H and O–H groups in total. The van der Waals surface area contributed by atoms with Crippen LogP contribution in [0.25, 0.3) is 0 Å². The molecule has 2 saturated carbocycles. The first-order valence-corrected chi connectivity index (χ1v) is 9.34. The minimum absolute atomic E-state index is 0.000215. The Morgan fingerprint density at radius 3 is 2.46 bits per heavy atom. The Hall–Kier alpha value is -1.32. The molecule has 4 nitrogen and oxygen atoms in total. The lowest BCUT2D eigenvalue weighted by atomic mass is 9.84. The number of esters is 1. The van der Waals surface area contributed by atoms with E-state index in [-0.39, 0.29) is 41.2 Å². The van der Waals surface area contributed by atoms with E-state index in [1.165, 1.54) is 19.1 Å². The number of allylic oxidation sites excluding steroid dienone is 2. The molecule has 0 aromatic carbocycles. The largest absolute Gasteiger partial charge is 0.467 e. The van der Waals surface area contributed by atoms with Gasteiger partial charge in [-0.2, -0.15) is 0 Å². The van der Waals surface area contributed by atoms with Crippen molar-refractivity contribution >= 4 is 11.9 Å². The summed E-state index contributed by atoms with van der Waals surface area (Å²) < 4.78 is 5.02. The van der Waals surface area contributed by atoms with Crippen LogP contribution in [0.2, 0.25) is 0 Å². The standard InChI is InChI=1S/C20H31NO3/c1-12(2)10-14-17(20(14,3)4)18(22)21-15-9-7-6-8-13(15)11-16(21)19(23)24-5/h10,13-17H,6-9,11H2,1-5H3. The van der Waals surface area contributed by atoms with Crippen LogP contribution in [0.15, 0.2) is 11.6 Å². The Kier molecular flexibility index (Phi) is 4.52. The highest BCUT2D eigenvalue weighted by Gasteiger charge is 2.63. The smallest absolute Gasteiger partial charge is 0.328 e. The first-order chi connectivity index (χ1) is 11.3. The van der Waals surface area contributed by atoms with Crippen LogP contribution in [-0.2, 0) is 14.3 Å². The van der Waals surface area contributed by atoms with Gasteiger partial charge in [0.2, 0.25) is 5.91 Å². The summed E-state index contributed by atoms with van der Waals surface area (Å²) in [4.78, 5) is 27.6. The van der Waals surface area contributed by atoms with Crippen molar-refractivity contribution in [1.29, 1.82) is 0 Å². The van der Waals surface area contributed by atoms with Gasteiger partial charge >= 0.3 is 5.97 Å². The van der Waals surface area contributed by atoms with Gasteiger partial charge in [-0.25, -0.2) is 4.79 Å². The first kappa shape index (κ1) is 17.5. The van der Waals surface area contributed by atoms with Gasteiger partial charge in [-0.15, -0.1) is 0 Å². The number of rotatable bonds is 3. The summed E-state index contributed by atoms with van der Waals surface area (Å²) in [6.07, 6.45) is 7.54. The summed E-state index contributed by atoms with van der Waals surface area (Å²) in [6.45, 7) is 8.50. The molecule has 0 aromatic heterocycles. The number of carbonyl (C=O) groups is 2. The third-order valence-corrected chi connectivity index (χ3v) is 6.51. The number of hydrogen-bond donors (Lipinski definition) is 0. The molecule has 24 heavy (non-hydrogen) atoms. The summed E-state index contributed by atoms with van der Waals surface area (Å²) in [5, 5.41) is 0. The molecule has 0 aromatic rings. The molecule has 1 aliphatic heterocycles. The molecule has 1 heterocycles. The Labute approximate surface area is 145 Å². The Morgan fingerprint density at radius 2 is 1.83 bits per heavy atom. The third kappa shape index (κ3) is 2.78. The lowest BCUT2D eigenvalue weighted by Crippen LogP contribution is -2.47. The van der Waals surface area contributed by atoms with E-state index in [1.807, 2.05) is 4.90 Å². The first-order valence-electron chi connectivity index (χ1n) is 9.34. The Balaban J connectivity index is 1.86. The maximum atomic E-state index is 13.4. The van der Waals surface area contributed by atoms with Gasteiger partial charge in [0.15, 0.2) is 0 Å². The number of fused-ring (bicyclic) bond motifs is 1. The highest BCUT2D eigenvalue weighted by Crippen LogP contribution is 2.61. The van der Waals surface area contributed by atoms with E-state index < -0.39 is 0 Å². The van der Waals surface area contributed by atoms with Crippen molar-refractivity contribution in [2.24, 2.45) is 23.2 Å². The lowest BCUT2D eigenvalue weighted by molar-refractivity contribution is -0.153. The van der Waals surface area contributed by atoms with E-state index in [9.17, 15) is 9.59 Å². The minimum Gasteiger partial charge on any atom is -0.467 e. The summed E-state index contributed by atoms with van der Waals surface area (Å²) in [6, 6.07) is -0.140. The van der Waals surface area contributed by atoms with E-state index in [0.717, 1.165) is 25.7 Å². The zero-order chi connectivity index (χ0) is 17.6. The normalized spacial score (nSPS) is 36.7. The average molecular weight is 333 g/mol.